The van der Waals surface area contributed by atoms with Crippen molar-refractivity contribution in [2.24, 2.45) is 0 Å². The van der Waals surface area contributed by atoms with Gasteiger partial charge < -0.3 is 10.2 Å². The summed E-state index contributed by atoms with van der Waals surface area (Å²) in [6.45, 7) is 6.60. The largest absolute Gasteiger partial charge is 0.508 e. The van der Waals surface area contributed by atoms with Gasteiger partial charge in [-0.1, -0.05) is 48.2 Å². The Morgan fingerprint density at radius 2 is 1.22 bits per heavy atom. The van der Waals surface area contributed by atoms with Crippen molar-refractivity contribution in [2.75, 3.05) is 6.67 Å². The van der Waals surface area contributed by atoms with E-state index >= 15 is 0 Å². The van der Waals surface area contributed by atoms with E-state index in [0.29, 0.717) is 23.6 Å². The zero-order chi connectivity index (χ0) is 19.0. The van der Waals surface area contributed by atoms with E-state index in [2.05, 4.69) is 35.8 Å². The number of phenolic OH excluding ortho intramolecular Hbond substituents is 2. The molecule has 144 valence electrons. The van der Waals surface area contributed by atoms with Gasteiger partial charge in [-0.25, -0.2) is 0 Å². The standard InChI is InChI=1S/C23H30N2O2/c1-16-7-9-22(26)18(11-16)13-24-15-25(21-6-4-3-5-20(21)24)14-19-12-17(2)8-10-23(19)27/h7-12,20-21,26-27H,3-6,13-15H2,1-2H3/t20-,21-/m1/s1. The molecule has 0 aromatic heterocycles. The molecule has 2 fully saturated rings. The molecule has 1 saturated carbocycles. The number of aromatic hydroxyl groups is 2. The maximum atomic E-state index is 10.3. The van der Waals surface area contributed by atoms with Crippen molar-refractivity contribution < 1.29 is 10.2 Å². The van der Waals surface area contributed by atoms with Gasteiger partial charge in [0.05, 0.1) is 6.67 Å². The molecule has 27 heavy (non-hydrogen) atoms. The van der Waals surface area contributed by atoms with E-state index in [1.54, 1.807) is 0 Å². The minimum absolute atomic E-state index is 0.391. The summed E-state index contributed by atoms with van der Waals surface area (Å²) in [6, 6.07) is 12.8. The van der Waals surface area contributed by atoms with Crippen LogP contribution in [0.2, 0.25) is 0 Å². The van der Waals surface area contributed by atoms with Crippen LogP contribution in [0.15, 0.2) is 36.4 Å². The number of hydrogen-bond donors (Lipinski definition) is 2. The Morgan fingerprint density at radius 1 is 0.778 bits per heavy atom. The third-order valence-corrected chi connectivity index (χ3v) is 6.21. The Bertz CT molecular complexity index is 753. The van der Waals surface area contributed by atoms with Crippen LogP contribution in [0.25, 0.3) is 0 Å². The molecule has 4 rings (SSSR count). The van der Waals surface area contributed by atoms with E-state index in [1.165, 1.54) is 36.8 Å². The number of aryl methyl sites for hydroxylation is 2. The molecule has 1 aliphatic heterocycles. The van der Waals surface area contributed by atoms with Crippen molar-refractivity contribution in [2.45, 2.75) is 64.7 Å². The molecule has 1 aliphatic carbocycles. The highest BCUT2D eigenvalue weighted by Gasteiger charge is 2.41. The smallest absolute Gasteiger partial charge is 0.120 e. The first-order valence-electron chi connectivity index (χ1n) is 10.1. The molecule has 0 unspecified atom stereocenters. The van der Waals surface area contributed by atoms with Gasteiger partial charge in [-0.3, -0.25) is 9.80 Å². The number of rotatable bonds is 4. The second kappa shape index (κ2) is 7.53. The summed E-state index contributed by atoms with van der Waals surface area (Å²) in [6.07, 6.45) is 4.99. The molecule has 2 aromatic rings. The first-order valence-corrected chi connectivity index (χ1v) is 10.1. The molecule has 4 heteroatoms. The summed E-state index contributed by atoms with van der Waals surface area (Å²) in [5.74, 6) is 0.783. The lowest BCUT2D eigenvalue weighted by molar-refractivity contribution is 0.196. The summed E-state index contributed by atoms with van der Waals surface area (Å²) in [7, 11) is 0. The maximum Gasteiger partial charge on any atom is 0.120 e. The Hall–Kier alpha value is -2.04. The van der Waals surface area contributed by atoms with E-state index in [0.717, 1.165) is 30.9 Å². The molecule has 2 atom stereocenters. The average Bonchev–Trinajstić information content (AvgIpc) is 2.99. The normalized spacial score (nSPS) is 23.5. The first kappa shape index (κ1) is 18.3. The lowest BCUT2D eigenvalue weighted by atomic mass is 9.89. The summed E-state index contributed by atoms with van der Waals surface area (Å²) in [4.78, 5) is 5.04. The van der Waals surface area contributed by atoms with Crippen molar-refractivity contribution in [3.8, 4) is 11.5 Å². The van der Waals surface area contributed by atoms with Gasteiger partial charge in [0.15, 0.2) is 0 Å². The van der Waals surface area contributed by atoms with Gasteiger partial charge in [-0.2, -0.15) is 0 Å². The van der Waals surface area contributed by atoms with Crippen molar-refractivity contribution in [1.82, 2.24) is 9.80 Å². The SMILES string of the molecule is Cc1ccc(O)c(CN2CN(Cc3cc(C)ccc3O)[C@@H]3CCCC[C@H]32)c1. The van der Waals surface area contributed by atoms with Gasteiger partial charge in [0, 0.05) is 36.3 Å². The van der Waals surface area contributed by atoms with Crippen LogP contribution in [0.4, 0.5) is 0 Å². The molecule has 0 bridgehead atoms. The molecule has 0 spiro atoms. The van der Waals surface area contributed by atoms with Crippen LogP contribution in [0, 0.1) is 13.8 Å². The number of fused-ring (bicyclic) bond motifs is 1. The second-order valence-corrected chi connectivity index (χ2v) is 8.32. The van der Waals surface area contributed by atoms with Gasteiger partial charge in [0.2, 0.25) is 0 Å². The van der Waals surface area contributed by atoms with E-state index in [9.17, 15) is 10.2 Å². The predicted molar refractivity (Wildman–Crippen MR) is 108 cm³/mol. The highest BCUT2D eigenvalue weighted by molar-refractivity contribution is 5.37. The van der Waals surface area contributed by atoms with E-state index in [1.807, 2.05) is 24.3 Å². The zero-order valence-corrected chi connectivity index (χ0v) is 16.4. The Labute approximate surface area is 162 Å². The average molecular weight is 367 g/mol. The van der Waals surface area contributed by atoms with Crippen molar-refractivity contribution in [3.05, 3.63) is 58.7 Å². The fourth-order valence-corrected chi connectivity index (χ4v) is 4.84. The minimum atomic E-state index is 0.391. The molecule has 0 radical (unpaired) electrons. The van der Waals surface area contributed by atoms with Crippen molar-refractivity contribution in [3.63, 3.8) is 0 Å². The van der Waals surface area contributed by atoms with Crippen molar-refractivity contribution in [1.29, 1.82) is 0 Å². The molecule has 1 saturated heterocycles. The Balaban J connectivity index is 1.55. The zero-order valence-electron chi connectivity index (χ0n) is 16.4. The fourth-order valence-electron chi connectivity index (χ4n) is 4.84. The third-order valence-electron chi connectivity index (χ3n) is 6.21. The predicted octanol–water partition coefficient (Wildman–Crippen LogP) is 4.30. The molecule has 2 aromatic carbocycles. The maximum absolute atomic E-state index is 10.3. The van der Waals surface area contributed by atoms with Crippen LogP contribution in [-0.4, -0.2) is 38.8 Å². The highest BCUT2D eigenvalue weighted by atomic mass is 16.3. The number of phenols is 2. The summed E-state index contributed by atoms with van der Waals surface area (Å²) < 4.78 is 0. The quantitative estimate of drug-likeness (QED) is 0.847. The molecular formula is C23H30N2O2. The van der Waals surface area contributed by atoms with Gasteiger partial charge in [-0.15, -0.1) is 0 Å². The fraction of sp³-hybridized carbons (Fsp3) is 0.478. The third kappa shape index (κ3) is 3.83. The summed E-state index contributed by atoms with van der Waals surface area (Å²) >= 11 is 0. The monoisotopic (exact) mass is 366 g/mol. The van der Waals surface area contributed by atoms with Crippen molar-refractivity contribution >= 4 is 0 Å². The van der Waals surface area contributed by atoms with Gasteiger partial charge in [0.1, 0.15) is 11.5 Å². The molecule has 2 N–H and O–H groups in total. The summed E-state index contributed by atoms with van der Waals surface area (Å²) in [5, 5.41) is 20.6. The molecule has 1 heterocycles. The highest BCUT2D eigenvalue weighted by Crippen LogP contribution is 2.36. The molecule has 2 aliphatic rings. The van der Waals surface area contributed by atoms with E-state index in [4.69, 9.17) is 0 Å². The summed E-state index contributed by atoms with van der Waals surface area (Å²) in [5.41, 5.74) is 4.40. The first-order chi connectivity index (χ1) is 13.0. The van der Waals surface area contributed by atoms with Gasteiger partial charge >= 0.3 is 0 Å². The molecule has 4 nitrogen and oxygen atoms in total. The number of nitrogens with zero attached hydrogens (tertiary/aromatic N) is 2. The van der Waals surface area contributed by atoms with Crippen LogP contribution in [0.3, 0.4) is 0 Å². The second-order valence-electron chi connectivity index (χ2n) is 8.32. The van der Waals surface area contributed by atoms with Crippen LogP contribution in [0.1, 0.15) is 47.9 Å². The number of hydrogen-bond acceptors (Lipinski definition) is 4. The van der Waals surface area contributed by atoms with Crippen LogP contribution in [-0.2, 0) is 13.1 Å². The van der Waals surface area contributed by atoms with Gasteiger partial charge in [-0.05, 0) is 38.8 Å². The van der Waals surface area contributed by atoms with Crippen LogP contribution >= 0.6 is 0 Å². The lowest BCUT2D eigenvalue weighted by Crippen LogP contribution is -2.39. The molecule has 0 amide bonds. The minimum Gasteiger partial charge on any atom is -0.508 e. The topological polar surface area (TPSA) is 46.9 Å². The van der Waals surface area contributed by atoms with Crippen LogP contribution < -0.4 is 0 Å². The van der Waals surface area contributed by atoms with Gasteiger partial charge in [0.25, 0.3) is 0 Å². The Kier molecular flexibility index (Phi) is 5.11. The lowest BCUT2D eigenvalue weighted by Gasteiger charge is -2.32. The Morgan fingerprint density at radius 3 is 1.67 bits per heavy atom. The number of benzene rings is 2. The van der Waals surface area contributed by atoms with E-state index in [-0.39, 0.29) is 0 Å². The van der Waals surface area contributed by atoms with Crippen LogP contribution in [0.5, 0.6) is 11.5 Å². The van der Waals surface area contributed by atoms with E-state index < -0.39 is 0 Å². The molecular weight excluding hydrogens is 336 g/mol.